The molecule has 2 aromatic carbocycles. The van der Waals surface area contributed by atoms with Crippen LogP contribution in [0, 0.1) is 6.92 Å². The van der Waals surface area contributed by atoms with Crippen LogP contribution >= 0.6 is 11.9 Å². The Labute approximate surface area is 193 Å². The molecule has 0 atom stereocenters. The number of benzene rings is 2. The fraction of sp³-hybridized carbons (Fsp3) is 0.333. The number of aryl methyl sites for hydroxylation is 2. The molecule has 1 aliphatic heterocycles. The molecule has 0 aliphatic carbocycles. The van der Waals surface area contributed by atoms with E-state index in [-0.39, 0.29) is 5.56 Å². The minimum atomic E-state index is 0.0168. The number of anilines is 3. The lowest BCUT2D eigenvalue weighted by molar-refractivity contribution is -0.106. The molecule has 0 amide bonds. The van der Waals surface area contributed by atoms with E-state index in [9.17, 15) is 4.79 Å². The molecule has 170 valence electrons. The van der Waals surface area contributed by atoms with Crippen LogP contribution in [-0.4, -0.2) is 45.1 Å². The number of methoxy groups -OCH3 is 1. The van der Waals surface area contributed by atoms with Gasteiger partial charge in [0, 0.05) is 55.2 Å². The Hall–Kier alpha value is -2.97. The van der Waals surface area contributed by atoms with Crippen LogP contribution in [0.4, 0.5) is 17.1 Å². The second kappa shape index (κ2) is 10.1. The summed E-state index contributed by atoms with van der Waals surface area (Å²) in [4.78, 5) is 27.1. The molecule has 0 spiro atoms. The standard InChI is InChI=1S/C22H26N4O2S.C2H4O/c1-14-10-17-19(25(4)22(14)27)11-15(28-5)12-20(17)26-9-8-24(3)18-7-6-16(29-23-2)13-21(18)26;1-2-3/h6-7,10-13,23H,8-9H2,1-5H3;2H,1H3. The molecular formula is C24H30N4O3S. The third-order valence-corrected chi connectivity index (χ3v) is 6.22. The zero-order valence-electron chi connectivity index (χ0n) is 19.4. The number of pyridine rings is 1. The first-order valence-electron chi connectivity index (χ1n) is 10.4. The minimum Gasteiger partial charge on any atom is -0.497 e. The Morgan fingerprint density at radius 3 is 2.44 bits per heavy atom. The maximum Gasteiger partial charge on any atom is 0.253 e. The predicted octanol–water partition coefficient (Wildman–Crippen LogP) is 3.88. The van der Waals surface area contributed by atoms with E-state index in [2.05, 4.69) is 45.8 Å². The van der Waals surface area contributed by atoms with Gasteiger partial charge in [0.25, 0.3) is 5.56 Å². The molecule has 2 heterocycles. The molecular weight excluding hydrogens is 424 g/mol. The number of nitrogens with zero attached hydrogens (tertiary/aromatic N) is 3. The van der Waals surface area contributed by atoms with E-state index >= 15 is 0 Å². The van der Waals surface area contributed by atoms with Crippen LogP contribution < -0.4 is 24.8 Å². The van der Waals surface area contributed by atoms with Gasteiger partial charge in [0.05, 0.1) is 29.7 Å². The van der Waals surface area contributed by atoms with Crippen LogP contribution in [0.2, 0.25) is 0 Å². The van der Waals surface area contributed by atoms with Crippen molar-refractivity contribution < 1.29 is 9.53 Å². The van der Waals surface area contributed by atoms with Gasteiger partial charge in [-0.25, -0.2) is 0 Å². The monoisotopic (exact) mass is 454 g/mol. The van der Waals surface area contributed by atoms with Crippen molar-refractivity contribution in [1.29, 1.82) is 0 Å². The van der Waals surface area contributed by atoms with E-state index in [1.54, 1.807) is 23.6 Å². The van der Waals surface area contributed by atoms with E-state index in [4.69, 9.17) is 9.53 Å². The number of hydrogen-bond donors (Lipinski definition) is 1. The highest BCUT2D eigenvalue weighted by Crippen LogP contribution is 2.42. The highest BCUT2D eigenvalue weighted by Gasteiger charge is 2.24. The number of likely N-dealkylation sites (N-methyl/N-ethyl adjacent to an activating group) is 1. The fourth-order valence-corrected chi connectivity index (χ4v) is 4.52. The zero-order chi connectivity index (χ0) is 23.4. The molecule has 4 rings (SSSR count). The Kier molecular flexibility index (Phi) is 7.48. The lowest BCUT2D eigenvalue weighted by Gasteiger charge is -2.38. The zero-order valence-corrected chi connectivity index (χ0v) is 20.2. The summed E-state index contributed by atoms with van der Waals surface area (Å²) in [5, 5.41) is 1.05. The van der Waals surface area contributed by atoms with Crippen LogP contribution in [0.5, 0.6) is 5.75 Å². The molecule has 0 bridgehead atoms. The van der Waals surface area contributed by atoms with Crippen molar-refractivity contribution >= 4 is 46.2 Å². The summed E-state index contributed by atoms with van der Waals surface area (Å²) in [6, 6.07) is 12.5. The van der Waals surface area contributed by atoms with Gasteiger partial charge >= 0.3 is 0 Å². The van der Waals surface area contributed by atoms with Crippen molar-refractivity contribution in [2.75, 3.05) is 44.1 Å². The summed E-state index contributed by atoms with van der Waals surface area (Å²) < 4.78 is 10.4. The van der Waals surface area contributed by atoms with E-state index in [0.717, 1.165) is 57.9 Å². The number of rotatable bonds is 4. The average Bonchev–Trinajstić information content (AvgIpc) is 2.78. The van der Waals surface area contributed by atoms with Gasteiger partial charge in [-0.15, -0.1) is 0 Å². The third kappa shape index (κ3) is 4.47. The maximum atomic E-state index is 12.5. The second-order valence-corrected chi connectivity index (χ2v) is 8.62. The molecule has 1 N–H and O–H groups in total. The Morgan fingerprint density at radius 2 is 1.78 bits per heavy atom. The van der Waals surface area contributed by atoms with Crippen molar-refractivity contribution in [2.45, 2.75) is 18.7 Å². The topological polar surface area (TPSA) is 66.8 Å². The van der Waals surface area contributed by atoms with Crippen LogP contribution in [-0.2, 0) is 11.8 Å². The smallest absolute Gasteiger partial charge is 0.253 e. The summed E-state index contributed by atoms with van der Waals surface area (Å²) >= 11 is 1.60. The van der Waals surface area contributed by atoms with E-state index in [1.807, 2.05) is 33.2 Å². The van der Waals surface area contributed by atoms with Gasteiger partial charge in [0.2, 0.25) is 0 Å². The summed E-state index contributed by atoms with van der Waals surface area (Å²) in [5.74, 6) is 0.743. The van der Waals surface area contributed by atoms with Crippen molar-refractivity contribution in [3.05, 3.63) is 52.3 Å². The van der Waals surface area contributed by atoms with Gasteiger partial charge in [-0.3, -0.25) is 9.52 Å². The number of hydrogen-bond acceptors (Lipinski definition) is 7. The van der Waals surface area contributed by atoms with Crippen molar-refractivity contribution in [3.8, 4) is 5.75 Å². The van der Waals surface area contributed by atoms with E-state index < -0.39 is 0 Å². The van der Waals surface area contributed by atoms with Gasteiger partial charge < -0.3 is 23.9 Å². The number of aromatic nitrogens is 1. The number of carbonyl (C=O) groups is 1. The number of fused-ring (bicyclic) bond motifs is 2. The van der Waals surface area contributed by atoms with Crippen LogP contribution in [0.3, 0.4) is 0 Å². The third-order valence-electron chi connectivity index (χ3n) is 5.53. The highest BCUT2D eigenvalue weighted by atomic mass is 32.2. The second-order valence-electron chi connectivity index (χ2n) is 7.54. The highest BCUT2D eigenvalue weighted by molar-refractivity contribution is 7.97. The quantitative estimate of drug-likeness (QED) is 0.474. The van der Waals surface area contributed by atoms with Crippen molar-refractivity contribution in [3.63, 3.8) is 0 Å². The Bertz CT molecular complexity index is 1190. The van der Waals surface area contributed by atoms with Crippen molar-refractivity contribution in [1.82, 2.24) is 9.29 Å². The molecule has 8 heteroatoms. The molecule has 0 saturated heterocycles. The molecule has 32 heavy (non-hydrogen) atoms. The van der Waals surface area contributed by atoms with Crippen molar-refractivity contribution in [2.24, 2.45) is 7.05 Å². The summed E-state index contributed by atoms with van der Waals surface area (Å²) in [7, 11) is 7.53. The molecule has 0 saturated carbocycles. The molecule has 7 nitrogen and oxygen atoms in total. The summed E-state index contributed by atoms with van der Waals surface area (Å²) in [6.45, 7) is 5.08. The first kappa shape index (κ1) is 23.7. The van der Waals surface area contributed by atoms with Gasteiger partial charge in [0.15, 0.2) is 0 Å². The van der Waals surface area contributed by atoms with Gasteiger partial charge in [-0.05, 0) is 57.1 Å². The average molecular weight is 455 g/mol. The first-order chi connectivity index (χ1) is 15.4. The lowest BCUT2D eigenvalue weighted by atomic mass is 10.1. The predicted molar refractivity (Wildman–Crippen MR) is 134 cm³/mol. The SMILES string of the molecule is CC=O.CNSc1ccc2c(c1)N(c1cc(OC)cc3c1cc(C)c(=O)n3C)CCN2C. The van der Waals surface area contributed by atoms with E-state index in [1.165, 1.54) is 12.6 Å². The first-order valence-corrected chi connectivity index (χ1v) is 11.2. The molecule has 3 aromatic rings. The maximum absolute atomic E-state index is 12.5. The normalized spacial score (nSPS) is 12.8. The molecule has 1 aromatic heterocycles. The summed E-state index contributed by atoms with van der Waals surface area (Å²) in [6.07, 6.45) is 0.750. The largest absolute Gasteiger partial charge is 0.497 e. The summed E-state index contributed by atoms with van der Waals surface area (Å²) in [5.41, 5.74) is 5.02. The number of carbonyl (C=O) groups excluding carboxylic acids is 1. The Balaban J connectivity index is 0.000000913. The molecule has 0 radical (unpaired) electrons. The number of ether oxygens (including phenoxy) is 1. The van der Waals surface area contributed by atoms with Gasteiger partial charge in [-0.1, -0.05) is 0 Å². The molecule has 1 aliphatic rings. The van der Waals surface area contributed by atoms with Gasteiger partial charge in [-0.2, -0.15) is 0 Å². The number of aldehydes is 1. The fourth-order valence-electron chi connectivity index (χ4n) is 3.98. The Morgan fingerprint density at radius 1 is 1.06 bits per heavy atom. The molecule has 0 fully saturated rings. The number of nitrogens with one attached hydrogen (secondary N) is 1. The lowest BCUT2D eigenvalue weighted by Crippen LogP contribution is -2.36. The van der Waals surface area contributed by atoms with E-state index in [0.29, 0.717) is 0 Å². The van der Waals surface area contributed by atoms with Crippen LogP contribution in [0.15, 0.2) is 46.1 Å². The van der Waals surface area contributed by atoms with Crippen LogP contribution in [0.25, 0.3) is 10.9 Å². The van der Waals surface area contributed by atoms with Gasteiger partial charge in [0.1, 0.15) is 12.0 Å². The minimum absolute atomic E-state index is 0.0168. The molecule has 0 unspecified atom stereocenters. The van der Waals surface area contributed by atoms with Crippen LogP contribution in [0.1, 0.15) is 12.5 Å².